The second-order valence-corrected chi connectivity index (χ2v) is 5.23. The van der Waals surface area contributed by atoms with Crippen molar-refractivity contribution in [1.29, 1.82) is 0 Å². The van der Waals surface area contributed by atoms with Crippen molar-refractivity contribution in [2.75, 3.05) is 26.4 Å². The highest BCUT2D eigenvalue weighted by Gasteiger charge is 2.27. The fourth-order valence-corrected chi connectivity index (χ4v) is 2.28. The zero-order chi connectivity index (χ0) is 15.2. The zero-order valence-corrected chi connectivity index (χ0v) is 12.9. The summed E-state index contributed by atoms with van der Waals surface area (Å²) in [5.74, 6) is 1.46. The van der Waals surface area contributed by atoms with Crippen LogP contribution in [-0.2, 0) is 9.53 Å². The Labute approximate surface area is 125 Å². The Morgan fingerprint density at radius 1 is 1.24 bits per heavy atom. The van der Waals surface area contributed by atoms with Crippen LogP contribution in [-0.4, -0.2) is 49.3 Å². The molecule has 0 saturated carbocycles. The molecule has 116 valence electrons. The van der Waals surface area contributed by atoms with Gasteiger partial charge in [0, 0.05) is 6.54 Å². The molecule has 1 heterocycles. The summed E-state index contributed by atoms with van der Waals surface area (Å²) in [5.41, 5.74) is 0. The van der Waals surface area contributed by atoms with Crippen LogP contribution in [0.3, 0.4) is 0 Å². The van der Waals surface area contributed by atoms with Gasteiger partial charge in [0.05, 0.1) is 25.4 Å². The molecule has 2 unspecified atom stereocenters. The van der Waals surface area contributed by atoms with E-state index in [1.165, 1.54) is 0 Å². The normalized spacial score (nSPS) is 22.0. The monoisotopic (exact) mass is 293 g/mol. The molecule has 1 saturated heterocycles. The van der Waals surface area contributed by atoms with E-state index in [2.05, 4.69) is 0 Å². The summed E-state index contributed by atoms with van der Waals surface area (Å²) < 4.78 is 16.4. The van der Waals surface area contributed by atoms with Crippen LogP contribution in [0.25, 0.3) is 0 Å². The van der Waals surface area contributed by atoms with Crippen LogP contribution in [0, 0.1) is 0 Å². The maximum Gasteiger partial charge on any atom is 0.260 e. The first-order valence-corrected chi connectivity index (χ1v) is 7.37. The van der Waals surface area contributed by atoms with Crippen LogP contribution in [0.1, 0.15) is 20.8 Å². The molecule has 2 atom stereocenters. The molecule has 21 heavy (non-hydrogen) atoms. The first-order valence-electron chi connectivity index (χ1n) is 7.37. The molecule has 5 nitrogen and oxygen atoms in total. The molecular formula is C16H23NO4. The Balaban J connectivity index is 1.85. The molecule has 0 radical (unpaired) electrons. The third-order valence-corrected chi connectivity index (χ3v) is 3.43. The van der Waals surface area contributed by atoms with Gasteiger partial charge in [0.15, 0.2) is 6.61 Å². The van der Waals surface area contributed by atoms with E-state index in [0.717, 1.165) is 5.75 Å². The van der Waals surface area contributed by atoms with E-state index in [4.69, 9.17) is 14.2 Å². The van der Waals surface area contributed by atoms with Gasteiger partial charge in [-0.25, -0.2) is 0 Å². The van der Waals surface area contributed by atoms with Crippen molar-refractivity contribution in [1.82, 2.24) is 4.90 Å². The van der Waals surface area contributed by atoms with E-state index in [1.54, 1.807) is 0 Å². The first-order chi connectivity index (χ1) is 10.1. The van der Waals surface area contributed by atoms with Gasteiger partial charge in [0.2, 0.25) is 0 Å². The van der Waals surface area contributed by atoms with Gasteiger partial charge in [-0.15, -0.1) is 0 Å². The minimum Gasteiger partial charge on any atom is -0.494 e. The van der Waals surface area contributed by atoms with Crippen LogP contribution in [0.4, 0.5) is 0 Å². The summed E-state index contributed by atoms with van der Waals surface area (Å²) in [6, 6.07) is 7.39. The molecule has 0 spiro atoms. The van der Waals surface area contributed by atoms with Gasteiger partial charge in [0.25, 0.3) is 5.91 Å². The summed E-state index contributed by atoms with van der Waals surface area (Å²) >= 11 is 0. The third-order valence-electron chi connectivity index (χ3n) is 3.43. The van der Waals surface area contributed by atoms with Gasteiger partial charge >= 0.3 is 0 Å². The molecule has 0 bridgehead atoms. The number of morpholine rings is 1. The molecular weight excluding hydrogens is 270 g/mol. The van der Waals surface area contributed by atoms with Crippen LogP contribution in [0.2, 0.25) is 0 Å². The fourth-order valence-electron chi connectivity index (χ4n) is 2.28. The van der Waals surface area contributed by atoms with E-state index in [-0.39, 0.29) is 24.7 Å². The summed E-state index contributed by atoms with van der Waals surface area (Å²) in [4.78, 5) is 14.0. The summed E-state index contributed by atoms with van der Waals surface area (Å²) in [7, 11) is 0. The van der Waals surface area contributed by atoms with E-state index in [1.807, 2.05) is 49.9 Å². The average molecular weight is 293 g/mol. The summed E-state index contributed by atoms with van der Waals surface area (Å²) in [5, 5.41) is 0. The van der Waals surface area contributed by atoms with Crippen molar-refractivity contribution in [3.63, 3.8) is 0 Å². The number of hydrogen-bond donors (Lipinski definition) is 0. The number of ether oxygens (including phenoxy) is 3. The number of hydrogen-bond acceptors (Lipinski definition) is 4. The van der Waals surface area contributed by atoms with Gasteiger partial charge in [-0.1, -0.05) is 0 Å². The van der Waals surface area contributed by atoms with E-state index >= 15 is 0 Å². The molecule has 1 aromatic carbocycles. The van der Waals surface area contributed by atoms with Gasteiger partial charge < -0.3 is 19.1 Å². The number of benzene rings is 1. The van der Waals surface area contributed by atoms with E-state index < -0.39 is 0 Å². The van der Waals surface area contributed by atoms with Crippen LogP contribution >= 0.6 is 0 Å². The highest BCUT2D eigenvalue weighted by atomic mass is 16.5. The Kier molecular flexibility index (Phi) is 5.44. The Morgan fingerprint density at radius 3 is 2.48 bits per heavy atom. The number of amides is 1. The topological polar surface area (TPSA) is 48.0 Å². The molecule has 0 N–H and O–H groups in total. The molecule has 2 rings (SSSR count). The molecule has 1 aliphatic heterocycles. The maximum absolute atomic E-state index is 12.2. The highest BCUT2D eigenvalue weighted by molar-refractivity contribution is 5.78. The molecule has 1 amide bonds. The van der Waals surface area contributed by atoms with Crippen molar-refractivity contribution in [2.24, 2.45) is 0 Å². The minimum atomic E-state index is -0.00784. The van der Waals surface area contributed by atoms with E-state index in [9.17, 15) is 4.79 Å². The summed E-state index contributed by atoms with van der Waals surface area (Å²) in [6.45, 7) is 7.77. The Hall–Kier alpha value is -1.75. The first kappa shape index (κ1) is 15.6. The van der Waals surface area contributed by atoms with Crippen molar-refractivity contribution in [3.8, 4) is 11.5 Å². The quantitative estimate of drug-likeness (QED) is 0.834. The van der Waals surface area contributed by atoms with Gasteiger partial charge in [-0.2, -0.15) is 0 Å². The lowest BCUT2D eigenvalue weighted by atomic mass is 10.2. The maximum atomic E-state index is 12.2. The molecule has 1 aliphatic rings. The smallest absolute Gasteiger partial charge is 0.260 e. The second kappa shape index (κ2) is 7.31. The van der Waals surface area contributed by atoms with Gasteiger partial charge in [-0.05, 0) is 45.0 Å². The van der Waals surface area contributed by atoms with Gasteiger partial charge in [0.1, 0.15) is 11.5 Å². The SMILES string of the molecule is CCOc1ccc(OCC(=O)N2CC(C)OCC2C)cc1. The number of carbonyl (C=O) groups is 1. The predicted octanol–water partition coefficient (Wildman–Crippen LogP) is 2.10. The molecule has 0 aliphatic carbocycles. The lowest BCUT2D eigenvalue weighted by Crippen LogP contribution is -2.51. The Bertz CT molecular complexity index is 460. The van der Waals surface area contributed by atoms with Crippen molar-refractivity contribution in [2.45, 2.75) is 32.9 Å². The third kappa shape index (κ3) is 4.36. The highest BCUT2D eigenvalue weighted by Crippen LogP contribution is 2.18. The van der Waals surface area contributed by atoms with Crippen molar-refractivity contribution < 1.29 is 19.0 Å². The lowest BCUT2D eigenvalue weighted by molar-refractivity contribution is -0.145. The van der Waals surface area contributed by atoms with Crippen molar-refractivity contribution in [3.05, 3.63) is 24.3 Å². The average Bonchev–Trinajstić information content (AvgIpc) is 2.49. The van der Waals surface area contributed by atoms with Crippen LogP contribution < -0.4 is 9.47 Å². The minimum absolute atomic E-state index is 0.00784. The molecule has 5 heteroatoms. The van der Waals surface area contributed by atoms with Crippen LogP contribution in [0.5, 0.6) is 11.5 Å². The zero-order valence-electron chi connectivity index (χ0n) is 12.9. The van der Waals surface area contributed by atoms with Crippen molar-refractivity contribution >= 4 is 5.91 Å². The second-order valence-electron chi connectivity index (χ2n) is 5.23. The molecule has 1 fully saturated rings. The van der Waals surface area contributed by atoms with E-state index in [0.29, 0.717) is 25.5 Å². The Morgan fingerprint density at radius 2 is 1.86 bits per heavy atom. The lowest BCUT2D eigenvalue weighted by Gasteiger charge is -2.36. The van der Waals surface area contributed by atoms with Gasteiger partial charge in [-0.3, -0.25) is 4.79 Å². The standard InChI is InChI=1S/C16H23NO4/c1-4-19-14-5-7-15(8-6-14)21-11-16(18)17-9-13(3)20-10-12(17)2/h5-8,12-13H,4,9-11H2,1-3H3. The molecule has 0 aromatic heterocycles. The molecule has 1 aromatic rings. The number of nitrogens with zero attached hydrogens (tertiary/aromatic N) is 1. The number of carbonyl (C=O) groups excluding carboxylic acids is 1. The number of rotatable bonds is 5. The fraction of sp³-hybridized carbons (Fsp3) is 0.562. The predicted molar refractivity (Wildman–Crippen MR) is 79.7 cm³/mol. The largest absolute Gasteiger partial charge is 0.494 e. The summed E-state index contributed by atoms with van der Waals surface area (Å²) in [6.07, 6.45) is 0.0793. The van der Waals surface area contributed by atoms with Crippen LogP contribution in [0.15, 0.2) is 24.3 Å².